The highest BCUT2D eigenvalue weighted by Crippen LogP contribution is 2.16. The molecule has 3 amide bonds. The zero-order valence-corrected chi connectivity index (χ0v) is 13.8. The van der Waals surface area contributed by atoms with Crippen LogP contribution in [0.3, 0.4) is 0 Å². The van der Waals surface area contributed by atoms with Crippen LogP contribution in [0.15, 0.2) is 24.3 Å². The van der Waals surface area contributed by atoms with Crippen LogP contribution in [0.4, 0.5) is 11.4 Å². The Morgan fingerprint density at radius 2 is 1.65 bits per heavy atom. The molecule has 3 N–H and O–H groups in total. The molecule has 0 heterocycles. The third-order valence-electron chi connectivity index (χ3n) is 3.47. The number of benzene rings is 1. The molecule has 0 unspecified atom stereocenters. The van der Waals surface area contributed by atoms with Gasteiger partial charge in [-0.3, -0.25) is 14.4 Å². The average molecular weight is 320 g/mol. The second kappa shape index (κ2) is 8.89. The van der Waals surface area contributed by atoms with Crippen molar-refractivity contribution in [3.8, 4) is 0 Å². The van der Waals surface area contributed by atoms with Crippen molar-refractivity contribution in [3.05, 3.63) is 24.3 Å². The van der Waals surface area contributed by atoms with Crippen molar-refractivity contribution in [1.29, 1.82) is 0 Å². The Labute approximate surface area is 136 Å². The van der Waals surface area contributed by atoms with E-state index in [9.17, 15) is 14.4 Å². The number of hydrogen-bond acceptors (Lipinski definition) is 5. The molecule has 0 bridgehead atoms. The van der Waals surface area contributed by atoms with E-state index in [1.807, 2.05) is 13.8 Å². The molecule has 7 nitrogen and oxygen atoms in total. The number of imide groups is 1. The highest BCUT2D eigenvalue weighted by Gasteiger charge is 2.26. The number of carbonyl (C=O) groups excluding carboxylic acids is 3. The molecule has 1 rings (SSSR count). The van der Waals surface area contributed by atoms with Gasteiger partial charge in [-0.25, -0.2) is 4.90 Å². The quantitative estimate of drug-likeness (QED) is 0.591. The molecule has 0 fully saturated rings. The number of carbonyl (C=O) groups is 3. The van der Waals surface area contributed by atoms with Crippen LogP contribution in [0.25, 0.3) is 0 Å². The Morgan fingerprint density at radius 3 is 2.13 bits per heavy atom. The van der Waals surface area contributed by atoms with Gasteiger partial charge in [-0.05, 0) is 37.4 Å². The smallest absolute Gasteiger partial charge is 0.323 e. The first-order chi connectivity index (χ1) is 10.9. The maximum absolute atomic E-state index is 12.2. The van der Waals surface area contributed by atoms with E-state index in [-0.39, 0.29) is 0 Å². The van der Waals surface area contributed by atoms with Crippen LogP contribution in [-0.2, 0) is 14.4 Å². The van der Waals surface area contributed by atoms with Crippen LogP contribution in [0, 0.1) is 0 Å². The molecular weight excluding hydrogens is 296 g/mol. The number of hydrogen-bond donors (Lipinski definition) is 2. The number of rotatable bonds is 6. The number of nitrogens with one attached hydrogen (secondary N) is 1. The SMILES string of the molecule is CCN(CC)CCNC(=O)C(=O)N(C(C)=O)c1ccc(N)cc1. The summed E-state index contributed by atoms with van der Waals surface area (Å²) in [5, 5.41) is 2.55. The van der Waals surface area contributed by atoms with Crippen LogP contribution in [0.1, 0.15) is 20.8 Å². The molecule has 0 aromatic heterocycles. The zero-order chi connectivity index (χ0) is 17.4. The average Bonchev–Trinajstić information content (AvgIpc) is 2.53. The molecule has 0 saturated heterocycles. The lowest BCUT2D eigenvalue weighted by atomic mass is 10.2. The van der Waals surface area contributed by atoms with Gasteiger partial charge in [-0.1, -0.05) is 13.8 Å². The summed E-state index contributed by atoms with van der Waals surface area (Å²) in [5.74, 6) is -2.23. The fourth-order valence-electron chi connectivity index (χ4n) is 2.11. The fourth-order valence-corrected chi connectivity index (χ4v) is 2.11. The summed E-state index contributed by atoms with van der Waals surface area (Å²) in [4.78, 5) is 38.9. The van der Waals surface area contributed by atoms with E-state index < -0.39 is 17.7 Å². The van der Waals surface area contributed by atoms with Crippen molar-refractivity contribution < 1.29 is 14.4 Å². The van der Waals surface area contributed by atoms with E-state index in [0.29, 0.717) is 24.5 Å². The molecule has 0 atom stereocenters. The third-order valence-corrected chi connectivity index (χ3v) is 3.47. The van der Waals surface area contributed by atoms with Gasteiger partial charge >= 0.3 is 11.8 Å². The van der Waals surface area contributed by atoms with Crippen LogP contribution < -0.4 is 16.0 Å². The van der Waals surface area contributed by atoms with E-state index in [2.05, 4.69) is 10.2 Å². The molecule has 0 saturated carbocycles. The van der Waals surface area contributed by atoms with E-state index >= 15 is 0 Å². The monoisotopic (exact) mass is 320 g/mol. The summed E-state index contributed by atoms with van der Waals surface area (Å²) in [6.45, 7) is 8.01. The second-order valence-corrected chi connectivity index (χ2v) is 5.03. The molecule has 1 aromatic rings. The standard InChI is InChI=1S/C16H24N4O3/c1-4-19(5-2)11-10-18-15(22)16(23)20(12(3)21)14-8-6-13(17)7-9-14/h6-9H,4-5,10-11,17H2,1-3H3,(H,18,22). The number of likely N-dealkylation sites (N-methyl/N-ethyl adjacent to an activating group) is 1. The lowest BCUT2D eigenvalue weighted by Gasteiger charge is -2.20. The summed E-state index contributed by atoms with van der Waals surface area (Å²) < 4.78 is 0. The molecule has 23 heavy (non-hydrogen) atoms. The van der Waals surface area contributed by atoms with Gasteiger partial charge in [0.1, 0.15) is 0 Å². The number of nitrogens with two attached hydrogens (primary N) is 1. The Balaban J connectivity index is 2.72. The molecular formula is C16H24N4O3. The van der Waals surface area contributed by atoms with Gasteiger partial charge in [-0.15, -0.1) is 0 Å². The molecule has 0 aliphatic rings. The Hall–Kier alpha value is -2.41. The van der Waals surface area contributed by atoms with Gasteiger partial charge in [0.25, 0.3) is 0 Å². The van der Waals surface area contributed by atoms with Crippen LogP contribution in [0.2, 0.25) is 0 Å². The molecule has 1 aromatic carbocycles. The van der Waals surface area contributed by atoms with Gasteiger partial charge < -0.3 is 16.0 Å². The van der Waals surface area contributed by atoms with E-state index in [1.165, 1.54) is 19.1 Å². The van der Waals surface area contributed by atoms with Crippen LogP contribution >= 0.6 is 0 Å². The second-order valence-electron chi connectivity index (χ2n) is 5.03. The molecule has 0 aliphatic heterocycles. The van der Waals surface area contributed by atoms with Crippen LogP contribution in [-0.4, -0.2) is 48.8 Å². The minimum atomic E-state index is -0.901. The van der Waals surface area contributed by atoms with E-state index in [1.54, 1.807) is 12.1 Å². The summed E-state index contributed by atoms with van der Waals surface area (Å²) >= 11 is 0. The predicted octanol–water partition coefficient (Wildman–Crippen LogP) is 0.606. The van der Waals surface area contributed by atoms with E-state index in [0.717, 1.165) is 18.0 Å². The summed E-state index contributed by atoms with van der Waals surface area (Å²) in [7, 11) is 0. The maximum Gasteiger partial charge on any atom is 0.323 e. The minimum Gasteiger partial charge on any atom is -0.399 e. The van der Waals surface area contributed by atoms with Crippen LogP contribution in [0.5, 0.6) is 0 Å². The van der Waals surface area contributed by atoms with Crippen molar-refractivity contribution in [2.45, 2.75) is 20.8 Å². The Kier molecular flexibility index (Phi) is 7.21. The minimum absolute atomic E-state index is 0.315. The fraction of sp³-hybridized carbons (Fsp3) is 0.438. The number of amides is 3. The van der Waals surface area contributed by atoms with Crippen molar-refractivity contribution in [3.63, 3.8) is 0 Å². The number of nitrogen functional groups attached to an aromatic ring is 1. The largest absolute Gasteiger partial charge is 0.399 e. The summed E-state index contributed by atoms with van der Waals surface area (Å²) in [6.07, 6.45) is 0. The van der Waals surface area contributed by atoms with Crippen molar-refractivity contribution in [2.24, 2.45) is 0 Å². The third kappa shape index (κ3) is 5.37. The molecule has 0 aliphatic carbocycles. The molecule has 0 spiro atoms. The maximum atomic E-state index is 12.2. The van der Waals surface area contributed by atoms with E-state index in [4.69, 9.17) is 5.73 Å². The van der Waals surface area contributed by atoms with Gasteiger partial charge in [0.05, 0.1) is 5.69 Å². The first-order valence-electron chi connectivity index (χ1n) is 7.61. The Morgan fingerprint density at radius 1 is 1.09 bits per heavy atom. The zero-order valence-electron chi connectivity index (χ0n) is 13.8. The topological polar surface area (TPSA) is 95.7 Å². The van der Waals surface area contributed by atoms with Gasteiger partial charge in [0, 0.05) is 25.7 Å². The highest BCUT2D eigenvalue weighted by atomic mass is 16.2. The van der Waals surface area contributed by atoms with Gasteiger partial charge in [0.2, 0.25) is 5.91 Å². The highest BCUT2D eigenvalue weighted by molar-refractivity contribution is 6.45. The van der Waals surface area contributed by atoms with Gasteiger partial charge in [-0.2, -0.15) is 0 Å². The molecule has 7 heteroatoms. The molecule has 0 radical (unpaired) electrons. The van der Waals surface area contributed by atoms with Crippen molar-refractivity contribution >= 4 is 29.1 Å². The first-order valence-corrected chi connectivity index (χ1v) is 7.61. The Bertz CT molecular complexity index is 553. The predicted molar refractivity (Wildman–Crippen MR) is 89.8 cm³/mol. The summed E-state index contributed by atoms with van der Waals surface area (Å²) in [6, 6.07) is 6.18. The van der Waals surface area contributed by atoms with Crippen molar-refractivity contribution in [1.82, 2.24) is 10.2 Å². The summed E-state index contributed by atoms with van der Waals surface area (Å²) in [5.41, 5.74) is 6.41. The van der Waals surface area contributed by atoms with Gasteiger partial charge in [0.15, 0.2) is 0 Å². The number of anilines is 2. The molecule has 126 valence electrons. The first kappa shape index (κ1) is 18.6. The number of nitrogens with zero attached hydrogens (tertiary/aromatic N) is 2. The lowest BCUT2D eigenvalue weighted by molar-refractivity contribution is -0.139. The normalized spacial score (nSPS) is 10.4. The lowest BCUT2D eigenvalue weighted by Crippen LogP contribution is -2.47. The van der Waals surface area contributed by atoms with Crippen molar-refractivity contribution in [2.75, 3.05) is 36.8 Å².